The van der Waals surface area contributed by atoms with Crippen LogP contribution in [-0.4, -0.2) is 16.9 Å². The maximum absolute atomic E-state index is 13.4. The SMILES string of the molecule is Cc1cc(Nc2cc(F)cc(F)c2)nc(C(=O)NC2CCC2(C)C)c1C. The van der Waals surface area contributed by atoms with Crippen LogP contribution in [0.5, 0.6) is 0 Å². The molecule has 3 rings (SSSR count). The van der Waals surface area contributed by atoms with Crippen LogP contribution in [-0.2, 0) is 0 Å². The minimum atomic E-state index is -0.679. The second kappa shape index (κ2) is 6.67. The van der Waals surface area contributed by atoms with Crippen molar-refractivity contribution in [3.05, 3.63) is 52.7 Å². The van der Waals surface area contributed by atoms with Gasteiger partial charge in [-0.3, -0.25) is 4.79 Å². The zero-order valence-corrected chi connectivity index (χ0v) is 15.4. The van der Waals surface area contributed by atoms with Crippen LogP contribution < -0.4 is 10.6 Å². The van der Waals surface area contributed by atoms with Crippen molar-refractivity contribution >= 4 is 17.4 Å². The Hall–Kier alpha value is -2.50. The highest BCUT2D eigenvalue weighted by Crippen LogP contribution is 2.40. The lowest BCUT2D eigenvalue weighted by Crippen LogP contribution is -2.52. The minimum Gasteiger partial charge on any atom is -0.347 e. The van der Waals surface area contributed by atoms with Gasteiger partial charge in [0, 0.05) is 17.8 Å². The summed E-state index contributed by atoms with van der Waals surface area (Å²) in [4.78, 5) is 17.1. The Morgan fingerprint density at radius 2 is 1.81 bits per heavy atom. The van der Waals surface area contributed by atoms with Crippen LogP contribution in [0.15, 0.2) is 24.3 Å². The van der Waals surface area contributed by atoms with Gasteiger partial charge >= 0.3 is 0 Å². The zero-order chi connectivity index (χ0) is 19.1. The molecule has 26 heavy (non-hydrogen) atoms. The minimum absolute atomic E-state index is 0.0908. The Balaban J connectivity index is 1.85. The van der Waals surface area contributed by atoms with Crippen LogP contribution in [0, 0.1) is 30.9 Å². The summed E-state index contributed by atoms with van der Waals surface area (Å²) in [7, 11) is 0. The van der Waals surface area contributed by atoms with Crippen molar-refractivity contribution in [2.75, 3.05) is 5.32 Å². The van der Waals surface area contributed by atoms with Gasteiger partial charge in [0.05, 0.1) is 0 Å². The number of halogens is 2. The molecule has 1 aliphatic rings. The number of rotatable bonds is 4. The van der Waals surface area contributed by atoms with E-state index in [1.807, 2.05) is 13.8 Å². The molecule has 1 unspecified atom stereocenters. The molecular formula is C20H23F2N3O. The predicted octanol–water partition coefficient (Wildman–Crippen LogP) is 4.64. The number of aromatic nitrogens is 1. The van der Waals surface area contributed by atoms with E-state index < -0.39 is 11.6 Å². The van der Waals surface area contributed by atoms with Gasteiger partial charge in [-0.05, 0) is 61.4 Å². The number of benzene rings is 1. The third kappa shape index (κ3) is 3.69. The first-order chi connectivity index (χ1) is 12.2. The average molecular weight is 359 g/mol. The molecule has 138 valence electrons. The van der Waals surface area contributed by atoms with Crippen LogP contribution in [0.2, 0.25) is 0 Å². The van der Waals surface area contributed by atoms with E-state index in [9.17, 15) is 13.6 Å². The normalized spacial score (nSPS) is 18.2. The van der Waals surface area contributed by atoms with E-state index in [1.165, 1.54) is 12.1 Å². The first kappa shape index (κ1) is 18.3. The largest absolute Gasteiger partial charge is 0.347 e. The van der Waals surface area contributed by atoms with Gasteiger partial charge in [0.1, 0.15) is 23.1 Å². The molecular weight excluding hydrogens is 336 g/mol. The summed E-state index contributed by atoms with van der Waals surface area (Å²) in [6.45, 7) is 7.97. The van der Waals surface area contributed by atoms with Crippen molar-refractivity contribution in [2.45, 2.75) is 46.6 Å². The summed E-state index contributed by atoms with van der Waals surface area (Å²) in [5, 5.41) is 5.93. The molecule has 2 aromatic rings. The fourth-order valence-corrected chi connectivity index (χ4v) is 3.16. The van der Waals surface area contributed by atoms with Gasteiger partial charge < -0.3 is 10.6 Å². The van der Waals surface area contributed by atoms with Crippen LogP contribution in [0.3, 0.4) is 0 Å². The molecule has 0 saturated heterocycles. The maximum Gasteiger partial charge on any atom is 0.270 e. The Labute approximate surface area is 152 Å². The van der Waals surface area contributed by atoms with E-state index in [-0.39, 0.29) is 23.1 Å². The Kier molecular flexibility index (Phi) is 4.69. The molecule has 1 aliphatic carbocycles. The van der Waals surface area contributed by atoms with E-state index >= 15 is 0 Å². The molecule has 1 amide bonds. The third-order valence-electron chi connectivity index (χ3n) is 5.21. The molecule has 1 saturated carbocycles. The van der Waals surface area contributed by atoms with Crippen molar-refractivity contribution in [2.24, 2.45) is 5.41 Å². The molecule has 6 heteroatoms. The lowest BCUT2D eigenvalue weighted by atomic mass is 9.67. The highest BCUT2D eigenvalue weighted by molar-refractivity contribution is 5.94. The number of hydrogen-bond acceptors (Lipinski definition) is 3. The number of pyridine rings is 1. The summed E-state index contributed by atoms with van der Waals surface area (Å²) in [6, 6.07) is 5.04. The number of carbonyl (C=O) groups is 1. The second-order valence-corrected chi connectivity index (χ2v) is 7.63. The van der Waals surface area contributed by atoms with Crippen LogP contribution >= 0.6 is 0 Å². The predicted molar refractivity (Wildman–Crippen MR) is 97.6 cm³/mol. The van der Waals surface area contributed by atoms with Crippen LogP contribution in [0.1, 0.15) is 48.3 Å². The summed E-state index contributed by atoms with van der Waals surface area (Å²) >= 11 is 0. The smallest absolute Gasteiger partial charge is 0.270 e. The highest BCUT2D eigenvalue weighted by atomic mass is 19.1. The lowest BCUT2D eigenvalue weighted by molar-refractivity contribution is 0.0727. The van der Waals surface area contributed by atoms with Crippen LogP contribution in [0.4, 0.5) is 20.3 Å². The van der Waals surface area contributed by atoms with Crippen molar-refractivity contribution in [1.29, 1.82) is 0 Å². The molecule has 0 bridgehead atoms. The number of amides is 1. The zero-order valence-electron chi connectivity index (χ0n) is 15.4. The molecule has 1 heterocycles. The summed E-state index contributed by atoms with van der Waals surface area (Å²) < 4.78 is 26.8. The Morgan fingerprint density at radius 3 is 2.35 bits per heavy atom. The number of hydrogen-bond donors (Lipinski definition) is 2. The lowest BCUT2D eigenvalue weighted by Gasteiger charge is -2.44. The monoisotopic (exact) mass is 359 g/mol. The standard InChI is InChI=1S/C20H23F2N3O/c1-11-7-17(23-15-9-13(21)8-14(22)10-15)25-18(12(11)2)19(26)24-16-5-6-20(16,3)4/h7-10,16H,5-6H2,1-4H3,(H,23,25)(H,24,26). The first-order valence-corrected chi connectivity index (χ1v) is 8.68. The van der Waals surface area contributed by atoms with Crippen molar-refractivity contribution < 1.29 is 13.6 Å². The van der Waals surface area contributed by atoms with E-state index in [0.717, 1.165) is 30.0 Å². The average Bonchev–Trinajstić information content (AvgIpc) is 2.53. The molecule has 0 spiro atoms. The van der Waals surface area contributed by atoms with Crippen molar-refractivity contribution in [3.8, 4) is 0 Å². The van der Waals surface area contributed by atoms with Gasteiger partial charge in [-0.15, -0.1) is 0 Å². The van der Waals surface area contributed by atoms with Gasteiger partial charge in [0.25, 0.3) is 5.91 Å². The molecule has 2 N–H and O–H groups in total. The van der Waals surface area contributed by atoms with Gasteiger partial charge in [-0.1, -0.05) is 13.8 Å². The topological polar surface area (TPSA) is 54.0 Å². The number of aryl methyl sites for hydroxylation is 1. The summed E-state index contributed by atoms with van der Waals surface area (Å²) in [5.41, 5.74) is 2.32. The van der Waals surface area contributed by atoms with Gasteiger partial charge in [-0.25, -0.2) is 13.8 Å². The number of nitrogens with zero attached hydrogens (tertiary/aromatic N) is 1. The van der Waals surface area contributed by atoms with Crippen LogP contribution in [0.25, 0.3) is 0 Å². The van der Waals surface area contributed by atoms with Crippen molar-refractivity contribution in [1.82, 2.24) is 10.3 Å². The molecule has 1 atom stereocenters. The Bertz CT molecular complexity index is 844. The molecule has 1 aromatic carbocycles. The fourth-order valence-electron chi connectivity index (χ4n) is 3.16. The molecule has 0 radical (unpaired) electrons. The van der Waals surface area contributed by atoms with Gasteiger partial charge in [0.15, 0.2) is 0 Å². The molecule has 0 aliphatic heterocycles. The van der Waals surface area contributed by atoms with E-state index in [1.54, 1.807) is 6.07 Å². The highest BCUT2D eigenvalue weighted by Gasteiger charge is 2.39. The molecule has 1 fully saturated rings. The van der Waals surface area contributed by atoms with E-state index in [0.29, 0.717) is 11.5 Å². The Morgan fingerprint density at radius 1 is 1.15 bits per heavy atom. The quantitative estimate of drug-likeness (QED) is 0.836. The molecule has 4 nitrogen and oxygen atoms in total. The number of nitrogens with one attached hydrogen (secondary N) is 2. The van der Waals surface area contributed by atoms with E-state index in [2.05, 4.69) is 29.5 Å². The number of carbonyl (C=O) groups excluding carboxylic acids is 1. The maximum atomic E-state index is 13.4. The van der Waals surface area contributed by atoms with E-state index in [4.69, 9.17) is 0 Å². The second-order valence-electron chi connectivity index (χ2n) is 7.63. The number of anilines is 2. The molecule has 1 aromatic heterocycles. The summed E-state index contributed by atoms with van der Waals surface area (Å²) in [5.74, 6) is -1.21. The van der Waals surface area contributed by atoms with Gasteiger partial charge in [0.2, 0.25) is 0 Å². The third-order valence-corrected chi connectivity index (χ3v) is 5.21. The van der Waals surface area contributed by atoms with Gasteiger partial charge in [-0.2, -0.15) is 0 Å². The first-order valence-electron chi connectivity index (χ1n) is 8.68. The fraction of sp³-hybridized carbons (Fsp3) is 0.400. The van der Waals surface area contributed by atoms with Crippen molar-refractivity contribution in [3.63, 3.8) is 0 Å². The summed E-state index contributed by atoms with van der Waals surface area (Å²) in [6.07, 6.45) is 2.04.